The van der Waals surface area contributed by atoms with Crippen molar-refractivity contribution in [3.05, 3.63) is 22.4 Å². The number of fused-ring (bicyclic) bond motifs is 1. The van der Waals surface area contributed by atoms with Crippen LogP contribution in [0.15, 0.2) is 16.8 Å². The number of amides is 3. The molecule has 2 aliphatic rings. The van der Waals surface area contributed by atoms with Crippen LogP contribution in [0.25, 0.3) is 0 Å². The molecule has 1 N–H and O–H groups in total. The molecular weight excluding hydrogens is 350 g/mol. The summed E-state index contributed by atoms with van der Waals surface area (Å²) in [7, 11) is 0. The molecule has 6 nitrogen and oxygen atoms in total. The smallest absolute Gasteiger partial charge is 0.245 e. The maximum absolute atomic E-state index is 13.1. The minimum Gasteiger partial charge on any atom is -0.352 e. The molecule has 3 heterocycles. The third-order valence-corrected chi connectivity index (χ3v) is 5.86. The van der Waals surface area contributed by atoms with E-state index in [1.54, 1.807) is 16.2 Å². The highest BCUT2D eigenvalue weighted by molar-refractivity contribution is 7.08. The summed E-state index contributed by atoms with van der Waals surface area (Å²) in [6.45, 7) is 6.75. The Labute approximate surface area is 158 Å². The van der Waals surface area contributed by atoms with Crippen molar-refractivity contribution >= 4 is 29.1 Å². The predicted molar refractivity (Wildman–Crippen MR) is 101 cm³/mol. The molecule has 142 valence electrons. The minimum atomic E-state index is -0.395. The molecule has 1 aromatic rings. The number of carbonyl (C=O) groups is 3. The highest BCUT2D eigenvalue weighted by Gasteiger charge is 2.46. The normalized spacial score (nSPS) is 25.5. The molecule has 0 spiro atoms. The number of thiophene rings is 1. The van der Waals surface area contributed by atoms with E-state index in [2.05, 4.69) is 19.2 Å². The average molecular weight is 378 g/mol. The largest absolute Gasteiger partial charge is 0.352 e. The predicted octanol–water partition coefficient (Wildman–Crippen LogP) is 1.65. The molecule has 0 bridgehead atoms. The van der Waals surface area contributed by atoms with Crippen molar-refractivity contribution in [2.75, 3.05) is 13.1 Å². The molecule has 2 aliphatic heterocycles. The first-order chi connectivity index (χ1) is 12.3. The van der Waals surface area contributed by atoms with Crippen molar-refractivity contribution in [3.8, 4) is 0 Å². The number of hydrogen-bond acceptors (Lipinski definition) is 4. The molecule has 1 aromatic heterocycles. The molecule has 0 aliphatic carbocycles. The second-order valence-corrected chi connectivity index (χ2v) is 8.56. The molecule has 3 amide bonds. The van der Waals surface area contributed by atoms with E-state index in [0.29, 0.717) is 38.3 Å². The molecule has 3 rings (SSSR count). The number of nitrogens with zero attached hydrogens (tertiary/aromatic N) is 2. The number of piperazine rings is 1. The van der Waals surface area contributed by atoms with Gasteiger partial charge < -0.3 is 15.1 Å². The van der Waals surface area contributed by atoms with Crippen LogP contribution >= 0.6 is 11.3 Å². The van der Waals surface area contributed by atoms with Crippen molar-refractivity contribution < 1.29 is 14.4 Å². The van der Waals surface area contributed by atoms with Gasteiger partial charge in [0, 0.05) is 26.1 Å². The monoisotopic (exact) mass is 377 g/mol. The molecule has 0 saturated carbocycles. The van der Waals surface area contributed by atoms with Gasteiger partial charge in [0.15, 0.2) is 0 Å². The van der Waals surface area contributed by atoms with Crippen LogP contribution in [0.1, 0.15) is 39.2 Å². The van der Waals surface area contributed by atoms with Crippen LogP contribution in [-0.4, -0.2) is 58.7 Å². The van der Waals surface area contributed by atoms with E-state index >= 15 is 0 Å². The molecule has 7 heteroatoms. The van der Waals surface area contributed by atoms with Crippen molar-refractivity contribution in [2.24, 2.45) is 5.92 Å². The van der Waals surface area contributed by atoms with Gasteiger partial charge in [-0.15, -0.1) is 0 Å². The Kier molecular flexibility index (Phi) is 5.65. The zero-order valence-corrected chi connectivity index (χ0v) is 16.4. The van der Waals surface area contributed by atoms with Gasteiger partial charge in [-0.2, -0.15) is 11.3 Å². The molecule has 3 atom stereocenters. The van der Waals surface area contributed by atoms with Crippen LogP contribution in [-0.2, 0) is 20.8 Å². The van der Waals surface area contributed by atoms with Crippen LogP contribution in [0.2, 0.25) is 0 Å². The zero-order valence-electron chi connectivity index (χ0n) is 15.6. The lowest BCUT2D eigenvalue weighted by Gasteiger charge is -2.43. The van der Waals surface area contributed by atoms with Gasteiger partial charge in [0.1, 0.15) is 6.04 Å². The summed E-state index contributed by atoms with van der Waals surface area (Å²) in [6.07, 6.45) is 1.72. The van der Waals surface area contributed by atoms with Gasteiger partial charge in [0.05, 0.1) is 12.5 Å². The van der Waals surface area contributed by atoms with Crippen LogP contribution < -0.4 is 5.32 Å². The van der Waals surface area contributed by atoms with E-state index in [1.807, 2.05) is 21.7 Å². The topological polar surface area (TPSA) is 69.7 Å². The molecule has 2 fully saturated rings. The summed E-state index contributed by atoms with van der Waals surface area (Å²) >= 11 is 1.58. The van der Waals surface area contributed by atoms with Crippen molar-refractivity contribution in [2.45, 2.75) is 58.2 Å². The molecule has 0 unspecified atom stereocenters. The Balaban J connectivity index is 1.77. The average Bonchev–Trinajstić information content (AvgIpc) is 3.18. The lowest BCUT2D eigenvalue weighted by molar-refractivity contribution is -0.154. The van der Waals surface area contributed by atoms with E-state index in [-0.39, 0.29) is 29.8 Å². The highest BCUT2D eigenvalue weighted by Crippen LogP contribution is 2.29. The molecule has 26 heavy (non-hydrogen) atoms. The Bertz CT molecular complexity index is 674. The van der Waals surface area contributed by atoms with E-state index in [9.17, 15) is 14.4 Å². The van der Waals surface area contributed by atoms with Crippen molar-refractivity contribution in [1.82, 2.24) is 15.1 Å². The van der Waals surface area contributed by atoms with Gasteiger partial charge >= 0.3 is 0 Å². The standard InChI is InChI=1S/C19H27N3O3S/c1-12(2)6-17-19(25)21-9-15(20-13(3)23)8-16(21)10-22(17)18(24)7-14-4-5-26-11-14/h4-5,11-12,15-17H,6-10H2,1-3H3,(H,20,23)/t15-,16-,17-/m0/s1. The maximum Gasteiger partial charge on any atom is 0.245 e. The summed E-state index contributed by atoms with van der Waals surface area (Å²) in [5, 5.41) is 6.87. The first-order valence-corrected chi connectivity index (χ1v) is 10.2. The molecule has 2 saturated heterocycles. The van der Waals surface area contributed by atoms with Crippen LogP contribution in [0.3, 0.4) is 0 Å². The summed E-state index contributed by atoms with van der Waals surface area (Å²) in [5.41, 5.74) is 1.00. The summed E-state index contributed by atoms with van der Waals surface area (Å²) in [5.74, 6) is 0.295. The number of carbonyl (C=O) groups excluding carboxylic acids is 3. The van der Waals surface area contributed by atoms with E-state index in [1.165, 1.54) is 6.92 Å². The first kappa shape index (κ1) is 18.9. The molecule has 0 aromatic carbocycles. The first-order valence-electron chi connectivity index (χ1n) is 9.23. The summed E-state index contributed by atoms with van der Waals surface area (Å²) in [4.78, 5) is 41.1. The van der Waals surface area contributed by atoms with Gasteiger partial charge in [-0.1, -0.05) is 13.8 Å². The second-order valence-electron chi connectivity index (χ2n) is 7.78. The van der Waals surface area contributed by atoms with Crippen LogP contribution in [0.4, 0.5) is 0 Å². The Morgan fingerprint density at radius 1 is 1.35 bits per heavy atom. The van der Waals surface area contributed by atoms with Gasteiger partial charge in [-0.25, -0.2) is 0 Å². The summed E-state index contributed by atoms with van der Waals surface area (Å²) in [6, 6.07) is 1.54. The van der Waals surface area contributed by atoms with E-state index < -0.39 is 6.04 Å². The van der Waals surface area contributed by atoms with Gasteiger partial charge in [-0.3, -0.25) is 14.4 Å². The fourth-order valence-corrected chi connectivity index (χ4v) is 4.72. The zero-order chi connectivity index (χ0) is 18.8. The second kappa shape index (κ2) is 7.78. The Morgan fingerprint density at radius 2 is 2.12 bits per heavy atom. The molecule has 0 radical (unpaired) electrons. The SMILES string of the molecule is CC(=O)N[C@H]1C[C@H]2CN(C(=O)Cc3ccsc3)[C@@H](CC(C)C)C(=O)N2C1. The van der Waals surface area contributed by atoms with Gasteiger partial charge in [0.25, 0.3) is 0 Å². The van der Waals surface area contributed by atoms with E-state index in [4.69, 9.17) is 0 Å². The Hall–Kier alpha value is -1.89. The fraction of sp³-hybridized carbons (Fsp3) is 0.632. The van der Waals surface area contributed by atoms with Crippen molar-refractivity contribution in [1.29, 1.82) is 0 Å². The maximum atomic E-state index is 13.1. The number of nitrogens with one attached hydrogen (secondary N) is 1. The Morgan fingerprint density at radius 3 is 2.73 bits per heavy atom. The van der Waals surface area contributed by atoms with Gasteiger partial charge in [0.2, 0.25) is 17.7 Å². The fourth-order valence-electron chi connectivity index (χ4n) is 4.05. The van der Waals surface area contributed by atoms with Gasteiger partial charge in [-0.05, 0) is 41.1 Å². The highest BCUT2D eigenvalue weighted by atomic mass is 32.1. The van der Waals surface area contributed by atoms with Crippen LogP contribution in [0.5, 0.6) is 0 Å². The third-order valence-electron chi connectivity index (χ3n) is 5.12. The van der Waals surface area contributed by atoms with Crippen LogP contribution in [0, 0.1) is 5.92 Å². The van der Waals surface area contributed by atoms with E-state index in [0.717, 1.165) is 5.56 Å². The minimum absolute atomic E-state index is 0.00538. The lowest BCUT2D eigenvalue weighted by Crippen LogP contribution is -2.61. The summed E-state index contributed by atoms with van der Waals surface area (Å²) < 4.78 is 0. The number of rotatable bonds is 5. The lowest BCUT2D eigenvalue weighted by atomic mass is 9.96. The third kappa shape index (κ3) is 4.09. The molecular formula is C19H27N3O3S. The number of hydrogen-bond donors (Lipinski definition) is 1. The quantitative estimate of drug-likeness (QED) is 0.848. The van der Waals surface area contributed by atoms with Crippen molar-refractivity contribution in [3.63, 3.8) is 0 Å².